The van der Waals surface area contributed by atoms with E-state index in [4.69, 9.17) is 11.6 Å². The van der Waals surface area contributed by atoms with Gasteiger partial charge in [-0.15, -0.1) is 11.6 Å². The molecule has 58 valence electrons. The topological polar surface area (TPSA) is 0 Å². The lowest BCUT2D eigenvalue weighted by molar-refractivity contribution is 0.600. The zero-order valence-corrected chi connectivity index (χ0v) is 7.11. The predicted octanol–water partition coefficient (Wildman–Crippen LogP) is 3.19. The second kappa shape index (κ2) is 2.73. The minimum atomic E-state index is 0.528. The highest BCUT2D eigenvalue weighted by molar-refractivity contribution is 6.20. The molecule has 2 rings (SSSR count). The third-order valence-corrected chi connectivity index (χ3v) is 3.26. The Morgan fingerprint density at radius 2 is 1.90 bits per heavy atom. The number of hydrogen-bond acceptors (Lipinski definition) is 0. The highest BCUT2D eigenvalue weighted by atomic mass is 35.5. The third-order valence-electron chi connectivity index (χ3n) is 2.68. The molecule has 0 aromatic heterocycles. The smallest absolute Gasteiger partial charge is 0.0364 e. The molecule has 0 bridgehead atoms. The quantitative estimate of drug-likeness (QED) is 0.552. The molecule has 10 heavy (non-hydrogen) atoms. The average molecular weight is 159 g/mol. The summed E-state index contributed by atoms with van der Waals surface area (Å²) in [6, 6.07) is 0. The Morgan fingerprint density at radius 3 is 2.40 bits per heavy atom. The third kappa shape index (κ3) is 1.88. The van der Waals surface area contributed by atoms with Gasteiger partial charge in [0.15, 0.2) is 0 Å². The zero-order valence-electron chi connectivity index (χ0n) is 6.35. The van der Waals surface area contributed by atoms with Gasteiger partial charge in [0.25, 0.3) is 0 Å². The minimum Gasteiger partial charge on any atom is -0.123 e. The number of hydrogen-bond donors (Lipinski definition) is 0. The van der Waals surface area contributed by atoms with Gasteiger partial charge in [0.1, 0.15) is 0 Å². The molecule has 1 unspecified atom stereocenters. The average Bonchev–Trinajstić information content (AvgIpc) is 2.76. The molecule has 0 aromatic rings. The van der Waals surface area contributed by atoms with E-state index in [2.05, 4.69) is 0 Å². The van der Waals surface area contributed by atoms with E-state index in [-0.39, 0.29) is 0 Å². The maximum Gasteiger partial charge on any atom is 0.0364 e. The van der Waals surface area contributed by atoms with Gasteiger partial charge in [-0.25, -0.2) is 0 Å². The molecule has 0 heterocycles. The lowest BCUT2D eigenvalue weighted by Gasteiger charge is -2.05. The molecule has 0 nitrogen and oxygen atoms in total. The molecule has 1 atom stereocenters. The number of alkyl halides is 1. The molecule has 0 N–H and O–H groups in total. The lowest BCUT2D eigenvalue weighted by Crippen LogP contribution is -2.00. The van der Waals surface area contributed by atoms with Crippen molar-refractivity contribution in [3.8, 4) is 0 Å². The molecule has 2 saturated carbocycles. The highest BCUT2D eigenvalue weighted by Gasteiger charge is 2.31. The van der Waals surface area contributed by atoms with E-state index in [1.807, 2.05) is 0 Å². The standard InChI is InChI=1S/C9H15Cl/c10-9(8-4-5-8)6-3-7-1-2-7/h7-9H,1-6H2. The summed E-state index contributed by atoms with van der Waals surface area (Å²) in [5.74, 6) is 1.97. The second-order valence-electron chi connectivity index (χ2n) is 3.87. The second-order valence-corrected chi connectivity index (χ2v) is 4.43. The van der Waals surface area contributed by atoms with Crippen LogP contribution in [0.15, 0.2) is 0 Å². The van der Waals surface area contributed by atoms with Gasteiger partial charge in [0.2, 0.25) is 0 Å². The maximum absolute atomic E-state index is 6.15. The highest BCUT2D eigenvalue weighted by Crippen LogP contribution is 2.41. The summed E-state index contributed by atoms with van der Waals surface area (Å²) in [4.78, 5) is 0. The lowest BCUT2D eigenvalue weighted by atomic mass is 10.1. The van der Waals surface area contributed by atoms with Crippen LogP contribution in [-0.4, -0.2) is 5.38 Å². The number of rotatable bonds is 4. The first-order chi connectivity index (χ1) is 4.86. The van der Waals surface area contributed by atoms with E-state index >= 15 is 0 Å². The summed E-state index contributed by atoms with van der Waals surface area (Å²) in [5.41, 5.74) is 0. The Bertz CT molecular complexity index is 114. The van der Waals surface area contributed by atoms with E-state index in [1.54, 1.807) is 0 Å². The number of halogens is 1. The van der Waals surface area contributed by atoms with Gasteiger partial charge >= 0.3 is 0 Å². The van der Waals surface area contributed by atoms with Crippen molar-refractivity contribution in [3.63, 3.8) is 0 Å². The van der Waals surface area contributed by atoms with Crippen LogP contribution in [0.3, 0.4) is 0 Å². The van der Waals surface area contributed by atoms with Crippen LogP contribution in [0.5, 0.6) is 0 Å². The van der Waals surface area contributed by atoms with E-state index in [9.17, 15) is 0 Å². The Labute approximate surface area is 68.0 Å². The van der Waals surface area contributed by atoms with Crippen LogP contribution in [0.25, 0.3) is 0 Å². The Hall–Kier alpha value is 0.290. The van der Waals surface area contributed by atoms with Crippen molar-refractivity contribution in [2.24, 2.45) is 11.8 Å². The summed E-state index contributed by atoms with van der Waals surface area (Å²) in [5, 5.41) is 0.528. The van der Waals surface area contributed by atoms with Crippen LogP contribution in [0.2, 0.25) is 0 Å². The van der Waals surface area contributed by atoms with Crippen molar-refractivity contribution < 1.29 is 0 Å². The minimum absolute atomic E-state index is 0.528. The van der Waals surface area contributed by atoms with Gasteiger partial charge in [0.05, 0.1) is 0 Å². The van der Waals surface area contributed by atoms with Crippen LogP contribution >= 0.6 is 11.6 Å². The normalized spacial score (nSPS) is 28.5. The molecule has 2 fully saturated rings. The summed E-state index contributed by atoms with van der Waals surface area (Å²) in [7, 11) is 0. The predicted molar refractivity (Wildman–Crippen MR) is 44.3 cm³/mol. The molecule has 0 amide bonds. The first kappa shape index (κ1) is 6.97. The first-order valence-corrected chi connectivity index (χ1v) is 4.94. The first-order valence-electron chi connectivity index (χ1n) is 4.50. The van der Waals surface area contributed by atoms with E-state index in [0.717, 1.165) is 11.8 Å². The molecule has 0 saturated heterocycles. The van der Waals surface area contributed by atoms with Crippen molar-refractivity contribution >= 4 is 11.6 Å². The van der Waals surface area contributed by atoms with E-state index in [0.29, 0.717) is 5.38 Å². The van der Waals surface area contributed by atoms with Crippen LogP contribution in [0, 0.1) is 11.8 Å². The fraction of sp³-hybridized carbons (Fsp3) is 1.00. The van der Waals surface area contributed by atoms with Gasteiger partial charge in [-0.1, -0.05) is 12.8 Å². The Kier molecular flexibility index (Phi) is 1.90. The van der Waals surface area contributed by atoms with Crippen molar-refractivity contribution in [2.45, 2.75) is 43.9 Å². The zero-order chi connectivity index (χ0) is 6.97. The van der Waals surface area contributed by atoms with Gasteiger partial charge in [0, 0.05) is 5.38 Å². The van der Waals surface area contributed by atoms with E-state index < -0.39 is 0 Å². The van der Waals surface area contributed by atoms with Gasteiger partial charge < -0.3 is 0 Å². The van der Waals surface area contributed by atoms with Crippen LogP contribution < -0.4 is 0 Å². The van der Waals surface area contributed by atoms with Crippen molar-refractivity contribution in [3.05, 3.63) is 0 Å². The SMILES string of the molecule is ClC(CCC1CC1)C1CC1. The van der Waals surface area contributed by atoms with Crippen molar-refractivity contribution in [2.75, 3.05) is 0 Å². The van der Waals surface area contributed by atoms with Gasteiger partial charge in [-0.05, 0) is 37.5 Å². The summed E-state index contributed by atoms with van der Waals surface area (Å²) in [6.07, 6.45) is 8.46. The van der Waals surface area contributed by atoms with Crippen LogP contribution in [0.1, 0.15) is 38.5 Å². The van der Waals surface area contributed by atoms with Gasteiger partial charge in [-0.2, -0.15) is 0 Å². The molecule has 1 heteroatoms. The van der Waals surface area contributed by atoms with Crippen molar-refractivity contribution in [1.29, 1.82) is 0 Å². The van der Waals surface area contributed by atoms with Crippen LogP contribution in [0.4, 0.5) is 0 Å². The molecule has 0 aromatic carbocycles. The summed E-state index contributed by atoms with van der Waals surface area (Å²) in [6.45, 7) is 0. The molecule has 0 spiro atoms. The molecule has 0 aliphatic heterocycles. The van der Waals surface area contributed by atoms with Crippen LogP contribution in [-0.2, 0) is 0 Å². The summed E-state index contributed by atoms with van der Waals surface area (Å²) >= 11 is 6.15. The largest absolute Gasteiger partial charge is 0.123 e. The fourth-order valence-electron chi connectivity index (χ4n) is 1.50. The van der Waals surface area contributed by atoms with E-state index in [1.165, 1.54) is 38.5 Å². The monoisotopic (exact) mass is 158 g/mol. The fourth-order valence-corrected chi connectivity index (χ4v) is 1.87. The maximum atomic E-state index is 6.15. The molecule has 0 radical (unpaired) electrons. The molecule has 2 aliphatic carbocycles. The Morgan fingerprint density at radius 1 is 1.20 bits per heavy atom. The molecular weight excluding hydrogens is 144 g/mol. The Balaban J connectivity index is 1.58. The van der Waals surface area contributed by atoms with Crippen molar-refractivity contribution in [1.82, 2.24) is 0 Å². The molecule has 2 aliphatic rings. The molecular formula is C9H15Cl. The summed E-state index contributed by atoms with van der Waals surface area (Å²) < 4.78 is 0. The van der Waals surface area contributed by atoms with Gasteiger partial charge in [-0.3, -0.25) is 0 Å².